The van der Waals surface area contributed by atoms with Crippen molar-refractivity contribution in [3.8, 4) is 11.1 Å². The van der Waals surface area contributed by atoms with Gasteiger partial charge in [0.25, 0.3) is 25.8 Å². The van der Waals surface area contributed by atoms with Crippen molar-refractivity contribution in [2.24, 2.45) is 5.92 Å². The van der Waals surface area contributed by atoms with E-state index in [0.29, 0.717) is 43.6 Å². The number of likely N-dealkylation sites (N-methyl/N-ethyl adjacent to an activating group) is 1. The Labute approximate surface area is 375 Å². The molecule has 1 aliphatic rings. The number of sulfonamides is 1. The number of hydrogen-bond acceptors (Lipinski definition) is 11. The van der Waals surface area contributed by atoms with Gasteiger partial charge < -0.3 is 20.4 Å². The van der Waals surface area contributed by atoms with Gasteiger partial charge in [-0.2, -0.15) is 13.2 Å². The van der Waals surface area contributed by atoms with Gasteiger partial charge in [-0.3, -0.25) is 9.69 Å². The molecule has 0 bridgehead atoms. The number of sulfone groups is 1. The number of hydrogen-bond donors (Lipinski definition) is 4. The number of carbonyl (C=O) groups excluding carboxylic acids is 1. The molecule has 63 heavy (non-hydrogen) atoms. The highest BCUT2D eigenvalue weighted by Crippen LogP contribution is 2.39. The van der Waals surface area contributed by atoms with Crippen molar-refractivity contribution in [1.29, 1.82) is 0 Å². The molecule has 0 radical (unpaired) electrons. The SMILES string of the molecule is C[C@H](CC(Sc1ccccc1)N(C)CCO)Nc1ccc(S(=O)(=O)NC(=O)c2ccc(N3CCC([C@@H](O)c4ccccc4-c4ccc(Cl)cc4)CC3)cc2)cc1S(=O)(=O)C(F)(F)F. The zero-order valence-electron chi connectivity index (χ0n) is 34.4. The lowest BCUT2D eigenvalue weighted by Gasteiger charge is -2.36. The summed E-state index contributed by atoms with van der Waals surface area (Å²) in [4.78, 5) is 15.9. The van der Waals surface area contributed by atoms with E-state index in [9.17, 15) is 45.0 Å². The fourth-order valence-electron chi connectivity index (χ4n) is 7.48. The number of aliphatic hydroxyl groups excluding tert-OH is 2. The number of halogens is 4. The van der Waals surface area contributed by atoms with Gasteiger partial charge >= 0.3 is 5.51 Å². The van der Waals surface area contributed by atoms with Crippen LogP contribution in [0.15, 0.2) is 136 Å². The summed E-state index contributed by atoms with van der Waals surface area (Å²) < 4.78 is 96.6. The summed E-state index contributed by atoms with van der Waals surface area (Å²) in [6.07, 6.45) is 0.913. The highest BCUT2D eigenvalue weighted by atomic mass is 35.5. The Morgan fingerprint density at radius 3 is 2.17 bits per heavy atom. The highest BCUT2D eigenvalue weighted by Gasteiger charge is 2.48. The topological polar surface area (TPSA) is 156 Å². The second-order valence-corrected chi connectivity index (χ2v) is 20.6. The monoisotopic (exact) mass is 944 g/mol. The zero-order chi connectivity index (χ0) is 45.5. The standard InChI is InChI=1S/C45H48ClF3N4O7S3/c1-30(28-42(52(2)26-27-54)61-36-8-4-3-5-9-36)50-40-21-20-37(29-41(40)62(57,58)45(47,48)49)63(59,60)51-44(56)33-14-18-35(19-15-33)53-24-22-32(23-25-53)43(55)39-11-7-6-10-38(39)31-12-16-34(46)17-13-31/h3-21,29-30,32,42-43,50,54-55H,22-28H2,1-2H3,(H,51,56)/t30-,42?,43-/m1/s1. The third-order valence-corrected chi connectivity index (χ3v) is 15.4. The maximum absolute atomic E-state index is 14.0. The van der Waals surface area contributed by atoms with Crippen LogP contribution in [0.2, 0.25) is 5.02 Å². The fraction of sp³-hybridized carbons (Fsp3) is 0.311. The number of aliphatic hydroxyl groups is 2. The first-order chi connectivity index (χ1) is 29.9. The summed E-state index contributed by atoms with van der Waals surface area (Å²) in [5.74, 6) is -1.10. The van der Waals surface area contributed by atoms with Crippen molar-refractivity contribution in [1.82, 2.24) is 9.62 Å². The van der Waals surface area contributed by atoms with E-state index in [1.54, 1.807) is 26.1 Å². The normalized spacial score (nSPS) is 15.5. The Bertz CT molecular complexity index is 2560. The van der Waals surface area contributed by atoms with Crippen molar-refractivity contribution < 1.29 is 45.0 Å². The minimum absolute atomic E-state index is 0.0226. The van der Waals surface area contributed by atoms with Crippen LogP contribution >= 0.6 is 23.4 Å². The highest BCUT2D eigenvalue weighted by molar-refractivity contribution is 7.99. The summed E-state index contributed by atoms with van der Waals surface area (Å²) in [5.41, 5.74) is -2.86. The van der Waals surface area contributed by atoms with Gasteiger partial charge in [0, 0.05) is 46.8 Å². The lowest BCUT2D eigenvalue weighted by atomic mass is 9.84. The molecule has 0 aromatic heterocycles. The van der Waals surface area contributed by atoms with Crippen LogP contribution in [0.1, 0.15) is 48.2 Å². The predicted octanol–water partition coefficient (Wildman–Crippen LogP) is 8.60. The number of piperidine rings is 1. The van der Waals surface area contributed by atoms with Gasteiger partial charge in [0.05, 0.1) is 28.7 Å². The van der Waals surface area contributed by atoms with Crippen LogP contribution in [0, 0.1) is 5.92 Å². The molecule has 1 heterocycles. The van der Waals surface area contributed by atoms with Crippen molar-refractivity contribution >= 4 is 60.5 Å². The van der Waals surface area contributed by atoms with Gasteiger partial charge in [-0.05, 0) is 123 Å². The fourth-order valence-corrected chi connectivity index (χ4v) is 10.9. The van der Waals surface area contributed by atoms with E-state index >= 15 is 0 Å². The van der Waals surface area contributed by atoms with E-state index in [1.165, 1.54) is 23.9 Å². The molecule has 0 spiro atoms. The average molecular weight is 946 g/mol. The number of rotatable bonds is 17. The summed E-state index contributed by atoms with van der Waals surface area (Å²) >= 11 is 7.54. The maximum Gasteiger partial charge on any atom is 0.501 e. The molecule has 5 aromatic rings. The largest absolute Gasteiger partial charge is 0.501 e. The van der Waals surface area contributed by atoms with Crippen molar-refractivity contribution in [2.75, 3.05) is 43.5 Å². The molecule has 18 heteroatoms. The second-order valence-electron chi connectivity index (χ2n) is 15.3. The van der Waals surface area contributed by atoms with Crippen LogP contribution in [0.5, 0.6) is 0 Å². The minimum atomic E-state index is -6.08. The van der Waals surface area contributed by atoms with Crippen LogP contribution in [0.25, 0.3) is 11.1 Å². The van der Waals surface area contributed by atoms with Crippen LogP contribution in [-0.2, 0) is 19.9 Å². The third-order valence-electron chi connectivity index (χ3n) is 10.9. The molecule has 1 saturated heterocycles. The lowest BCUT2D eigenvalue weighted by Crippen LogP contribution is -2.36. The molecule has 0 saturated carbocycles. The van der Waals surface area contributed by atoms with Crippen molar-refractivity contribution in [3.05, 3.63) is 137 Å². The Hall–Kier alpha value is -4.62. The number of thioether (sulfide) groups is 1. The summed E-state index contributed by atoms with van der Waals surface area (Å²) in [7, 11) is -9.19. The number of nitrogens with one attached hydrogen (secondary N) is 2. The first kappa shape index (κ1) is 47.8. The van der Waals surface area contributed by atoms with E-state index < -0.39 is 58.9 Å². The van der Waals surface area contributed by atoms with E-state index in [1.807, 2.05) is 88.5 Å². The van der Waals surface area contributed by atoms with E-state index in [4.69, 9.17) is 11.6 Å². The first-order valence-electron chi connectivity index (χ1n) is 20.1. The number of nitrogens with zero attached hydrogens (tertiary/aromatic N) is 2. The average Bonchev–Trinajstić information content (AvgIpc) is 3.26. The minimum Gasteiger partial charge on any atom is -0.395 e. The molecular weight excluding hydrogens is 897 g/mol. The zero-order valence-corrected chi connectivity index (χ0v) is 37.6. The van der Waals surface area contributed by atoms with Crippen LogP contribution in [-0.4, -0.2) is 88.1 Å². The Morgan fingerprint density at radius 2 is 1.54 bits per heavy atom. The Balaban J connectivity index is 1.12. The lowest BCUT2D eigenvalue weighted by molar-refractivity contribution is -0.0435. The Kier molecular flexibility index (Phi) is 15.6. The summed E-state index contributed by atoms with van der Waals surface area (Å²) in [6, 6.07) is 32.2. The number of carbonyl (C=O) groups is 1. The van der Waals surface area contributed by atoms with Gasteiger partial charge in [-0.25, -0.2) is 21.6 Å². The molecule has 336 valence electrons. The molecule has 5 aromatic carbocycles. The predicted molar refractivity (Wildman–Crippen MR) is 241 cm³/mol. The molecule has 11 nitrogen and oxygen atoms in total. The number of anilines is 2. The van der Waals surface area contributed by atoms with Gasteiger partial charge in [-0.15, -0.1) is 11.8 Å². The van der Waals surface area contributed by atoms with Crippen molar-refractivity contribution in [2.45, 2.75) is 63.9 Å². The number of benzene rings is 5. The number of amides is 1. The first-order valence-corrected chi connectivity index (χ1v) is 24.3. The van der Waals surface area contributed by atoms with Crippen LogP contribution in [0.4, 0.5) is 24.5 Å². The molecule has 3 atom stereocenters. The van der Waals surface area contributed by atoms with E-state index in [0.717, 1.165) is 39.4 Å². The molecule has 1 unspecified atom stereocenters. The van der Waals surface area contributed by atoms with E-state index in [2.05, 4.69) is 10.2 Å². The van der Waals surface area contributed by atoms with Crippen LogP contribution in [0.3, 0.4) is 0 Å². The summed E-state index contributed by atoms with van der Waals surface area (Å²) in [6.45, 7) is 2.99. The Morgan fingerprint density at radius 1 is 0.905 bits per heavy atom. The summed E-state index contributed by atoms with van der Waals surface area (Å²) in [5, 5.41) is 24.2. The van der Waals surface area contributed by atoms with Crippen LogP contribution < -0.4 is 14.9 Å². The van der Waals surface area contributed by atoms with E-state index in [-0.39, 0.29) is 29.9 Å². The van der Waals surface area contributed by atoms with Gasteiger partial charge in [0.15, 0.2) is 0 Å². The smallest absolute Gasteiger partial charge is 0.395 e. The van der Waals surface area contributed by atoms with Gasteiger partial charge in [0.2, 0.25) is 0 Å². The molecule has 6 rings (SSSR count). The van der Waals surface area contributed by atoms with Gasteiger partial charge in [-0.1, -0.05) is 66.2 Å². The number of alkyl halides is 3. The third kappa shape index (κ3) is 11.8. The second kappa shape index (κ2) is 20.5. The molecule has 1 amide bonds. The molecular formula is C45H48ClF3N4O7S3. The quantitative estimate of drug-likeness (QED) is 0.0523. The molecule has 0 aliphatic carbocycles. The molecule has 4 N–H and O–H groups in total. The molecule has 1 fully saturated rings. The molecule has 1 aliphatic heterocycles. The van der Waals surface area contributed by atoms with Crippen molar-refractivity contribution in [3.63, 3.8) is 0 Å². The van der Waals surface area contributed by atoms with Gasteiger partial charge in [0.1, 0.15) is 4.90 Å². The maximum atomic E-state index is 14.0.